The van der Waals surface area contributed by atoms with Crippen molar-refractivity contribution in [2.75, 3.05) is 25.0 Å². The third-order valence-corrected chi connectivity index (χ3v) is 8.55. The second-order valence-electron chi connectivity index (χ2n) is 12.6. The molecule has 194 valence electrons. The Hall–Kier alpha value is -1.94. The van der Waals surface area contributed by atoms with E-state index in [4.69, 9.17) is 12.6 Å². The highest BCUT2D eigenvalue weighted by molar-refractivity contribution is 6.18. The first-order chi connectivity index (χ1) is 17.1. The molecule has 3 aliphatic rings. The van der Waals surface area contributed by atoms with Crippen LogP contribution in [-0.4, -0.2) is 43.5 Å². The third kappa shape index (κ3) is 6.88. The van der Waals surface area contributed by atoms with E-state index < -0.39 is 5.31 Å². The van der Waals surface area contributed by atoms with Gasteiger partial charge in [-0.3, -0.25) is 4.90 Å². The number of hydrogen-bond acceptors (Lipinski definition) is 3. The first-order valence-corrected chi connectivity index (χ1v) is 14.3. The molecule has 1 aliphatic heterocycles. The van der Waals surface area contributed by atoms with E-state index in [0.717, 1.165) is 29.1 Å². The van der Waals surface area contributed by atoms with Crippen molar-refractivity contribution in [3.05, 3.63) is 54.1 Å². The monoisotopic (exact) mass is 486 g/mol. The number of hydrogen-bond donors (Lipinski definition) is 1. The maximum Gasteiger partial charge on any atom is 0.143 e. The van der Waals surface area contributed by atoms with Gasteiger partial charge in [-0.25, -0.2) is 0 Å². The fraction of sp³-hybridized carbons (Fsp3) is 0.625. The Morgan fingerprint density at radius 1 is 1.00 bits per heavy atom. The van der Waals surface area contributed by atoms with Crippen LogP contribution in [0, 0.1) is 5.92 Å². The lowest BCUT2D eigenvalue weighted by Gasteiger charge is -2.41. The Labute approximate surface area is 221 Å². The Bertz CT molecular complexity index is 976. The number of ether oxygens (including phenoxy) is 1. The van der Waals surface area contributed by atoms with E-state index in [2.05, 4.69) is 80.4 Å². The smallest absolute Gasteiger partial charge is 0.143 e. The standard InChI is InChI=1S/C32H47BN2O/c1-30(2,35-21-10-7-11-22-35)24-34-28-17-16-26(25-13-12-19-32(5,33)20-18-25)23-29(28)36-31(3,4)27-14-8-6-9-15-27/h12-13,16-20,23,27,34H,6-11,14-15,21-22,24H2,1-5H3. The van der Waals surface area contributed by atoms with Gasteiger partial charge in [0.25, 0.3) is 0 Å². The maximum absolute atomic E-state index is 6.92. The quantitative estimate of drug-likeness (QED) is 0.377. The zero-order valence-electron chi connectivity index (χ0n) is 23.4. The van der Waals surface area contributed by atoms with Gasteiger partial charge in [0, 0.05) is 12.1 Å². The van der Waals surface area contributed by atoms with Crippen LogP contribution < -0.4 is 10.1 Å². The second kappa shape index (κ2) is 11.2. The molecule has 2 fully saturated rings. The Balaban J connectivity index is 1.59. The number of rotatable bonds is 8. The van der Waals surface area contributed by atoms with Crippen LogP contribution in [0.5, 0.6) is 5.75 Å². The first-order valence-electron chi connectivity index (χ1n) is 14.3. The zero-order valence-corrected chi connectivity index (χ0v) is 23.4. The molecule has 1 aromatic carbocycles. The molecular formula is C32H47BN2O. The number of nitrogens with one attached hydrogen (secondary N) is 1. The minimum atomic E-state index is -0.428. The van der Waals surface area contributed by atoms with E-state index >= 15 is 0 Å². The predicted molar refractivity (Wildman–Crippen MR) is 156 cm³/mol. The molecule has 1 atom stereocenters. The molecule has 1 aromatic rings. The average molecular weight is 487 g/mol. The maximum atomic E-state index is 6.92. The fourth-order valence-electron chi connectivity index (χ4n) is 5.95. The third-order valence-electron chi connectivity index (χ3n) is 8.55. The van der Waals surface area contributed by atoms with Crippen LogP contribution in [0.2, 0.25) is 5.31 Å². The van der Waals surface area contributed by atoms with Crippen molar-refractivity contribution in [2.24, 2.45) is 5.92 Å². The Morgan fingerprint density at radius 2 is 1.69 bits per heavy atom. The summed E-state index contributed by atoms with van der Waals surface area (Å²) in [5.41, 5.74) is 3.29. The van der Waals surface area contributed by atoms with Gasteiger partial charge in [0.05, 0.1) is 13.5 Å². The van der Waals surface area contributed by atoms with Crippen LogP contribution in [0.25, 0.3) is 5.57 Å². The molecule has 0 spiro atoms. The normalized spacial score (nSPS) is 24.3. The second-order valence-corrected chi connectivity index (χ2v) is 12.6. The zero-order chi connectivity index (χ0) is 25.8. The topological polar surface area (TPSA) is 24.5 Å². The summed E-state index contributed by atoms with van der Waals surface area (Å²) in [5, 5.41) is 3.37. The fourth-order valence-corrected chi connectivity index (χ4v) is 5.95. The average Bonchev–Trinajstić information content (AvgIpc) is 3.04. The molecule has 1 saturated carbocycles. The van der Waals surface area contributed by atoms with E-state index in [1.165, 1.54) is 64.5 Å². The van der Waals surface area contributed by atoms with Gasteiger partial charge in [0.15, 0.2) is 0 Å². The summed E-state index contributed by atoms with van der Waals surface area (Å²) < 4.78 is 6.92. The van der Waals surface area contributed by atoms with E-state index in [-0.39, 0.29) is 11.1 Å². The number of piperidine rings is 1. The molecule has 0 aromatic heterocycles. The molecule has 0 amide bonds. The highest BCUT2D eigenvalue weighted by Gasteiger charge is 2.34. The number of likely N-dealkylation sites (tertiary alicyclic amines) is 1. The number of allylic oxidation sites excluding steroid dienone is 6. The van der Waals surface area contributed by atoms with E-state index in [0.29, 0.717) is 5.92 Å². The Morgan fingerprint density at radius 3 is 2.42 bits per heavy atom. The highest BCUT2D eigenvalue weighted by atomic mass is 16.5. The lowest BCUT2D eigenvalue weighted by Crippen LogP contribution is -2.50. The molecule has 3 nitrogen and oxygen atoms in total. The van der Waals surface area contributed by atoms with Gasteiger partial charge >= 0.3 is 0 Å². The molecule has 4 heteroatoms. The van der Waals surface area contributed by atoms with Gasteiger partial charge in [-0.2, -0.15) is 0 Å². The summed E-state index contributed by atoms with van der Waals surface area (Å²) in [5.74, 6) is 1.54. The molecule has 1 unspecified atom stereocenters. The van der Waals surface area contributed by atoms with Gasteiger partial charge in [0.1, 0.15) is 11.4 Å². The van der Waals surface area contributed by atoms with Crippen molar-refractivity contribution >= 4 is 19.1 Å². The van der Waals surface area contributed by atoms with Crippen molar-refractivity contribution in [1.82, 2.24) is 4.90 Å². The molecule has 2 aliphatic carbocycles. The van der Waals surface area contributed by atoms with Crippen LogP contribution in [0.1, 0.15) is 91.5 Å². The van der Waals surface area contributed by atoms with Crippen LogP contribution in [-0.2, 0) is 0 Å². The van der Waals surface area contributed by atoms with Gasteiger partial charge in [-0.05, 0) is 101 Å². The minimum Gasteiger partial charge on any atom is -0.485 e. The van der Waals surface area contributed by atoms with E-state index in [1.54, 1.807) is 0 Å². The summed E-state index contributed by atoms with van der Waals surface area (Å²) in [6.07, 6.45) is 20.9. The van der Waals surface area contributed by atoms with Gasteiger partial charge in [-0.1, -0.05) is 69.1 Å². The van der Waals surface area contributed by atoms with Crippen LogP contribution >= 0.6 is 0 Å². The van der Waals surface area contributed by atoms with Crippen LogP contribution in [0.4, 0.5) is 5.69 Å². The highest BCUT2D eigenvalue weighted by Crippen LogP contribution is 2.40. The lowest BCUT2D eigenvalue weighted by molar-refractivity contribution is 0.0257. The summed E-state index contributed by atoms with van der Waals surface area (Å²) >= 11 is 0. The van der Waals surface area contributed by atoms with Gasteiger partial charge < -0.3 is 10.1 Å². The first kappa shape index (κ1) is 27.1. The summed E-state index contributed by atoms with van der Waals surface area (Å²) in [4.78, 5) is 2.64. The summed E-state index contributed by atoms with van der Waals surface area (Å²) in [6, 6.07) is 6.64. The van der Waals surface area contributed by atoms with Gasteiger partial charge in [-0.15, -0.1) is 0 Å². The molecule has 4 rings (SSSR count). The predicted octanol–water partition coefficient (Wildman–Crippen LogP) is 7.96. The number of nitrogens with zero attached hydrogens (tertiary/aromatic N) is 1. The van der Waals surface area contributed by atoms with Crippen molar-refractivity contribution in [3.8, 4) is 5.75 Å². The summed E-state index contributed by atoms with van der Waals surface area (Å²) in [6.45, 7) is 14.6. The minimum absolute atomic E-state index is 0.0954. The van der Waals surface area contributed by atoms with Crippen molar-refractivity contribution in [3.63, 3.8) is 0 Å². The lowest BCUT2D eigenvalue weighted by atomic mass is 9.70. The molecule has 0 bridgehead atoms. The van der Waals surface area contributed by atoms with Crippen molar-refractivity contribution in [1.29, 1.82) is 0 Å². The van der Waals surface area contributed by atoms with Crippen molar-refractivity contribution in [2.45, 2.75) is 102 Å². The van der Waals surface area contributed by atoms with Gasteiger partial charge in [0.2, 0.25) is 0 Å². The summed E-state index contributed by atoms with van der Waals surface area (Å²) in [7, 11) is 6.33. The molecular weight excluding hydrogens is 439 g/mol. The van der Waals surface area contributed by atoms with E-state index in [1.807, 2.05) is 13.0 Å². The van der Waals surface area contributed by atoms with Crippen LogP contribution in [0.3, 0.4) is 0 Å². The molecule has 36 heavy (non-hydrogen) atoms. The number of benzene rings is 1. The van der Waals surface area contributed by atoms with E-state index in [9.17, 15) is 0 Å². The van der Waals surface area contributed by atoms with Crippen LogP contribution in [0.15, 0.2) is 48.6 Å². The van der Waals surface area contributed by atoms with Crippen molar-refractivity contribution < 1.29 is 4.74 Å². The molecule has 1 saturated heterocycles. The molecule has 2 radical (unpaired) electrons. The Kier molecular flexibility index (Phi) is 8.44. The number of anilines is 1. The largest absolute Gasteiger partial charge is 0.485 e. The molecule has 1 N–H and O–H groups in total. The molecule has 1 heterocycles. The SMILES string of the molecule is [B]C1(C)C=CC=C(c2ccc(NCC(C)(C)N3CCCCC3)c(OC(C)(C)C3CCCCC3)c2)C=C1.